The predicted molar refractivity (Wildman–Crippen MR) is 143 cm³/mol. The molecule has 1 aromatic heterocycles. The van der Waals surface area contributed by atoms with Gasteiger partial charge in [0.05, 0.1) is 6.04 Å². The number of urea groups is 1. The Balaban J connectivity index is 1.59. The van der Waals surface area contributed by atoms with E-state index in [1.54, 1.807) is 11.8 Å². The van der Waals surface area contributed by atoms with E-state index in [1.807, 2.05) is 49.6 Å². The lowest BCUT2D eigenvalue weighted by Crippen LogP contribution is -2.33. The summed E-state index contributed by atoms with van der Waals surface area (Å²) in [4.78, 5) is 12.9. The summed E-state index contributed by atoms with van der Waals surface area (Å²) in [5, 5.41) is 15.8. The molecule has 0 aliphatic carbocycles. The highest BCUT2D eigenvalue weighted by molar-refractivity contribution is 7.98. The Morgan fingerprint density at radius 1 is 0.886 bits per heavy atom. The van der Waals surface area contributed by atoms with E-state index in [4.69, 9.17) is 0 Å². The molecule has 0 aliphatic heterocycles. The van der Waals surface area contributed by atoms with Gasteiger partial charge in [0.15, 0.2) is 11.0 Å². The molecule has 4 rings (SSSR count). The molecule has 4 aromatic rings. The second-order valence-electron chi connectivity index (χ2n) is 8.81. The molecule has 0 bridgehead atoms. The minimum absolute atomic E-state index is 0.275. The first-order valence-electron chi connectivity index (χ1n) is 11.7. The van der Waals surface area contributed by atoms with Crippen LogP contribution in [0.5, 0.6) is 0 Å². The standard InChI is InChI=1S/C28H31N5OS/c1-18-13-15-24(16-14-18)33-26(31-32-28(33)35-17-23-12-7-6-9-19(23)2)22(5)29-27(34)30-25-20(3)10-8-11-21(25)4/h6-16,22H,17H2,1-5H3,(H2,29,30,34). The Hall–Kier alpha value is -3.58. The number of para-hydroxylation sites is 1. The van der Waals surface area contributed by atoms with E-state index in [0.717, 1.165) is 33.4 Å². The van der Waals surface area contributed by atoms with Crippen molar-refractivity contribution < 1.29 is 4.79 Å². The molecule has 1 heterocycles. The van der Waals surface area contributed by atoms with Gasteiger partial charge in [-0.2, -0.15) is 0 Å². The number of carbonyl (C=O) groups excluding carboxylic acids is 1. The minimum atomic E-state index is -0.360. The first-order valence-corrected chi connectivity index (χ1v) is 12.7. The molecule has 7 heteroatoms. The van der Waals surface area contributed by atoms with Crippen molar-refractivity contribution in [2.75, 3.05) is 5.32 Å². The third kappa shape index (κ3) is 5.74. The summed E-state index contributed by atoms with van der Waals surface area (Å²) in [5.74, 6) is 1.46. The third-order valence-electron chi connectivity index (χ3n) is 6.02. The summed E-state index contributed by atoms with van der Waals surface area (Å²) in [6, 6.07) is 21.9. The van der Waals surface area contributed by atoms with Crippen LogP contribution >= 0.6 is 11.8 Å². The maximum atomic E-state index is 12.9. The fourth-order valence-electron chi connectivity index (χ4n) is 3.93. The quantitative estimate of drug-likeness (QED) is 0.287. The summed E-state index contributed by atoms with van der Waals surface area (Å²) in [5.41, 5.74) is 7.52. The van der Waals surface area contributed by atoms with E-state index in [1.165, 1.54) is 16.7 Å². The van der Waals surface area contributed by atoms with Gasteiger partial charge in [-0.1, -0.05) is 71.9 Å². The highest BCUT2D eigenvalue weighted by Crippen LogP contribution is 2.29. The summed E-state index contributed by atoms with van der Waals surface area (Å²) in [6.45, 7) is 10.1. The van der Waals surface area contributed by atoms with Crippen LogP contribution in [0.4, 0.5) is 10.5 Å². The van der Waals surface area contributed by atoms with E-state index in [-0.39, 0.29) is 12.1 Å². The Bertz CT molecular complexity index is 1310. The molecule has 180 valence electrons. The average molecular weight is 486 g/mol. The normalized spacial score (nSPS) is 11.8. The van der Waals surface area contributed by atoms with Crippen molar-refractivity contribution in [1.29, 1.82) is 0 Å². The number of aromatic nitrogens is 3. The largest absolute Gasteiger partial charge is 0.328 e. The van der Waals surface area contributed by atoms with Gasteiger partial charge < -0.3 is 10.6 Å². The lowest BCUT2D eigenvalue weighted by molar-refractivity contribution is 0.248. The Labute approximate surface area is 211 Å². The van der Waals surface area contributed by atoms with Gasteiger partial charge in [0, 0.05) is 17.1 Å². The van der Waals surface area contributed by atoms with Crippen molar-refractivity contribution in [2.45, 2.75) is 51.6 Å². The SMILES string of the molecule is Cc1ccc(-n2c(SCc3ccccc3C)nnc2C(C)NC(=O)Nc2c(C)cccc2C)cc1. The lowest BCUT2D eigenvalue weighted by Gasteiger charge is -2.18. The predicted octanol–water partition coefficient (Wildman–Crippen LogP) is 6.68. The molecule has 0 saturated heterocycles. The summed E-state index contributed by atoms with van der Waals surface area (Å²) in [6.07, 6.45) is 0. The van der Waals surface area contributed by atoms with Crippen LogP contribution in [0.15, 0.2) is 71.9 Å². The monoisotopic (exact) mass is 485 g/mol. The fourth-order valence-corrected chi connectivity index (χ4v) is 4.96. The molecule has 2 N–H and O–H groups in total. The van der Waals surface area contributed by atoms with Crippen LogP contribution in [0, 0.1) is 27.7 Å². The van der Waals surface area contributed by atoms with E-state index >= 15 is 0 Å². The Morgan fingerprint density at radius 2 is 1.54 bits per heavy atom. The Kier molecular flexibility index (Phi) is 7.56. The number of benzene rings is 3. The minimum Gasteiger partial charge on any atom is -0.328 e. The molecule has 3 aromatic carbocycles. The van der Waals surface area contributed by atoms with Gasteiger partial charge in [-0.05, 0) is 69.0 Å². The van der Waals surface area contributed by atoms with Gasteiger partial charge in [-0.25, -0.2) is 4.79 Å². The average Bonchev–Trinajstić information content (AvgIpc) is 3.25. The van der Waals surface area contributed by atoms with Crippen LogP contribution in [-0.2, 0) is 5.75 Å². The number of nitrogens with zero attached hydrogens (tertiary/aromatic N) is 3. The van der Waals surface area contributed by atoms with Crippen molar-refractivity contribution in [3.63, 3.8) is 0 Å². The van der Waals surface area contributed by atoms with Crippen molar-refractivity contribution in [2.24, 2.45) is 0 Å². The molecule has 2 amide bonds. The zero-order valence-corrected chi connectivity index (χ0v) is 21.6. The lowest BCUT2D eigenvalue weighted by atomic mass is 10.1. The molecular formula is C28H31N5OS. The van der Waals surface area contributed by atoms with Crippen LogP contribution in [0.25, 0.3) is 5.69 Å². The topological polar surface area (TPSA) is 71.8 Å². The number of anilines is 1. The summed E-state index contributed by atoms with van der Waals surface area (Å²) < 4.78 is 2.03. The van der Waals surface area contributed by atoms with Gasteiger partial charge in [-0.3, -0.25) is 4.57 Å². The number of carbonyl (C=O) groups is 1. The van der Waals surface area contributed by atoms with Gasteiger partial charge >= 0.3 is 6.03 Å². The van der Waals surface area contributed by atoms with E-state index in [9.17, 15) is 4.79 Å². The highest BCUT2D eigenvalue weighted by atomic mass is 32.2. The van der Waals surface area contributed by atoms with Gasteiger partial charge in [0.2, 0.25) is 0 Å². The zero-order valence-electron chi connectivity index (χ0n) is 20.8. The number of hydrogen-bond donors (Lipinski definition) is 2. The van der Waals surface area contributed by atoms with Crippen LogP contribution < -0.4 is 10.6 Å². The van der Waals surface area contributed by atoms with Crippen molar-refractivity contribution in [3.8, 4) is 5.69 Å². The molecule has 0 spiro atoms. The number of aryl methyl sites for hydroxylation is 4. The summed E-state index contributed by atoms with van der Waals surface area (Å²) in [7, 11) is 0. The smallest absolute Gasteiger partial charge is 0.319 e. The molecule has 0 radical (unpaired) electrons. The van der Waals surface area contributed by atoms with Gasteiger partial charge in [0.25, 0.3) is 0 Å². The molecule has 1 atom stereocenters. The molecule has 1 unspecified atom stereocenters. The number of amides is 2. The van der Waals surface area contributed by atoms with Crippen LogP contribution in [0.1, 0.15) is 46.6 Å². The van der Waals surface area contributed by atoms with E-state index in [2.05, 4.69) is 77.1 Å². The second kappa shape index (κ2) is 10.8. The van der Waals surface area contributed by atoms with Gasteiger partial charge in [0.1, 0.15) is 0 Å². The number of rotatable bonds is 7. The highest BCUT2D eigenvalue weighted by Gasteiger charge is 2.21. The molecule has 0 saturated carbocycles. The van der Waals surface area contributed by atoms with Crippen LogP contribution in [-0.4, -0.2) is 20.8 Å². The summed E-state index contributed by atoms with van der Waals surface area (Å²) >= 11 is 1.64. The fraction of sp³-hybridized carbons (Fsp3) is 0.250. The molecule has 0 aliphatic rings. The molecule has 6 nitrogen and oxygen atoms in total. The zero-order chi connectivity index (χ0) is 24.9. The van der Waals surface area contributed by atoms with Crippen LogP contribution in [0.2, 0.25) is 0 Å². The first kappa shape index (κ1) is 24.5. The Morgan fingerprint density at radius 3 is 2.23 bits per heavy atom. The van der Waals surface area contributed by atoms with E-state index < -0.39 is 0 Å². The maximum absolute atomic E-state index is 12.9. The molecular weight excluding hydrogens is 454 g/mol. The van der Waals surface area contributed by atoms with E-state index in [0.29, 0.717) is 5.82 Å². The number of thioether (sulfide) groups is 1. The van der Waals surface area contributed by atoms with Crippen molar-refractivity contribution >= 4 is 23.5 Å². The number of nitrogens with one attached hydrogen (secondary N) is 2. The van der Waals surface area contributed by atoms with Crippen molar-refractivity contribution in [1.82, 2.24) is 20.1 Å². The van der Waals surface area contributed by atoms with Gasteiger partial charge in [-0.15, -0.1) is 10.2 Å². The molecule has 35 heavy (non-hydrogen) atoms. The molecule has 0 fully saturated rings. The van der Waals surface area contributed by atoms with Crippen molar-refractivity contribution in [3.05, 3.63) is 100 Å². The van der Waals surface area contributed by atoms with Crippen LogP contribution in [0.3, 0.4) is 0 Å². The first-order chi connectivity index (χ1) is 16.8. The second-order valence-corrected chi connectivity index (χ2v) is 9.76. The maximum Gasteiger partial charge on any atom is 0.319 e. The number of hydrogen-bond acceptors (Lipinski definition) is 4. The third-order valence-corrected chi connectivity index (χ3v) is 7.00.